The van der Waals surface area contributed by atoms with Gasteiger partial charge in [0.25, 0.3) is 5.78 Å². The fraction of sp³-hybridized carbons (Fsp3) is 0.0870. The van der Waals surface area contributed by atoms with E-state index < -0.39 is 17.7 Å². The van der Waals surface area contributed by atoms with Crippen molar-refractivity contribution in [3.8, 4) is 0 Å². The number of halogens is 1. The Balaban J connectivity index is 1.72. The molecule has 4 aromatic rings. The van der Waals surface area contributed by atoms with Gasteiger partial charge in [-0.1, -0.05) is 34.1 Å². The summed E-state index contributed by atoms with van der Waals surface area (Å²) in [5.74, 6) is -1.32. The van der Waals surface area contributed by atoms with Gasteiger partial charge in [-0.25, -0.2) is 4.98 Å². The lowest BCUT2D eigenvalue weighted by molar-refractivity contribution is -0.132. The molecule has 5 rings (SSSR count). The number of H-pyrrole nitrogens is 1. The summed E-state index contributed by atoms with van der Waals surface area (Å²) < 4.78 is 6.43. The minimum Gasteiger partial charge on any atom is -0.507 e. The number of nitrogens with zero attached hydrogens (tertiary/aromatic N) is 2. The lowest BCUT2D eigenvalue weighted by Crippen LogP contribution is -2.30. The van der Waals surface area contributed by atoms with Gasteiger partial charge in [-0.05, 0) is 48.9 Å². The molecule has 2 aromatic carbocycles. The summed E-state index contributed by atoms with van der Waals surface area (Å²) in [6.07, 6.45) is 1.46. The van der Waals surface area contributed by atoms with Crippen molar-refractivity contribution >= 4 is 50.4 Å². The van der Waals surface area contributed by atoms with E-state index in [0.29, 0.717) is 16.8 Å². The normalized spacial score (nSPS) is 18.3. The van der Waals surface area contributed by atoms with Gasteiger partial charge in [0.2, 0.25) is 5.95 Å². The molecule has 7 nitrogen and oxygen atoms in total. The highest BCUT2D eigenvalue weighted by atomic mass is 79.9. The summed E-state index contributed by atoms with van der Waals surface area (Å²) in [6, 6.07) is 14.9. The molecular formula is C23H16BrN3O4. The van der Waals surface area contributed by atoms with E-state index in [1.54, 1.807) is 36.4 Å². The minimum absolute atomic E-state index is 0.0536. The second-order valence-electron chi connectivity index (χ2n) is 7.23. The monoisotopic (exact) mass is 477 g/mol. The Morgan fingerprint density at radius 3 is 2.68 bits per heavy atom. The van der Waals surface area contributed by atoms with Crippen molar-refractivity contribution in [3.63, 3.8) is 0 Å². The van der Waals surface area contributed by atoms with E-state index in [1.165, 1.54) is 11.2 Å². The Hall–Kier alpha value is -3.65. The Morgan fingerprint density at radius 1 is 1.16 bits per heavy atom. The Kier molecular flexibility index (Phi) is 4.51. The lowest BCUT2D eigenvalue weighted by Gasteiger charge is -2.20. The molecule has 0 spiro atoms. The first kappa shape index (κ1) is 19.3. The SMILES string of the molecule is Cc1cc(/C(O)=C2\C(=O)C(=O)N(c3nc4ccccc4[nH]3)C2c2ccco2)ccc1Br. The molecule has 0 bridgehead atoms. The number of anilines is 1. The maximum atomic E-state index is 13.1. The molecule has 1 aliphatic rings. The molecule has 0 saturated carbocycles. The summed E-state index contributed by atoms with van der Waals surface area (Å²) in [4.78, 5) is 34.9. The molecule has 1 atom stereocenters. The zero-order valence-corrected chi connectivity index (χ0v) is 17.9. The van der Waals surface area contributed by atoms with Crippen molar-refractivity contribution in [3.05, 3.63) is 87.8 Å². The molecule has 154 valence electrons. The number of rotatable bonds is 3. The van der Waals surface area contributed by atoms with Crippen LogP contribution >= 0.6 is 15.9 Å². The molecule has 2 N–H and O–H groups in total. The number of aliphatic hydroxyl groups excluding tert-OH is 1. The van der Waals surface area contributed by atoms with Gasteiger partial charge in [-0.3, -0.25) is 14.5 Å². The number of aryl methyl sites for hydroxylation is 1. The number of furan rings is 1. The van der Waals surface area contributed by atoms with Gasteiger partial charge >= 0.3 is 5.91 Å². The number of benzene rings is 2. The van der Waals surface area contributed by atoms with E-state index in [0.717, 1.165) is 15.6 Å². The highest BCUT2D eigenvalue weighted by Gasteiger charge is 2.49. The van der Waals surface area contributed by atoms with Crippen molar-refractivity contribution in [2.75, 3.05) is 4.90 Å². The van der Waals surface area contributed by atoms with Crippen LogP contribution in [0.2, 0.25) is 0 Å². The third kappa shape index (κ3) is 3.07. The first-order valence-corrected chi connectivity index (χ1v) is 10.3. The average Bonchev–Trinajstić information content (AvgIpc) is 3.48. The van der Waals surface area contributed by atoms with Gasteiger partial charge in [0.05, 0.1) is 22.9 Å². The molecule has 1 aliphatic heterocycles. The maximum absolute atomic E-state index is 13.1. The second-order valence-corrected chi connectivity index (χ2v) is 8.08. The van der Waals surface area contributed by atoms with E-state index in [1.807, 2.05) is 25.1 Å². The number of carbonyl (C=O) groups is 2. The number of imidazole rings is 1. The van der Waals surface area contributed by atoms with Crippen LogP contribution in [-0.4, -0.2) is 26.8 Å². The molecule has 1 saturated heterocycles. The summed E-state index contributed by atoms with van der Waals surface area (Å²) in [5.41, 5.74) is 2.63. The van der Waals surface area contributed by atoms with Crippen LogP contribution in [0.15, 0.2) is 75.3 Å². The van der Waals surface area contributed by atoms with E-state index >= 15 is 0 Å². The summed E-state index contributed by atoms with van der Waals surface area (Å²) in [7, 11) is 0. The number of para-hydroxylation sites is 2. The van der Waals surface area contributed by atoms with Crippen LogP contribution < -0.4 is 4.90 Å². The smallest absolute Gasteiger partial charge is 0.302 e. The van der Waals surface area contributed by atoms with Crippen molar-refractivity contribution < 1.29 is 19.1 Å². The zero-order chi connectivity index (χ0) is 21.7. The lowest BCUT2D eigenvalue weighted by atomic mass is 9.98. The van der Waals surface area contributed by atoms with Crippen LogP contribution in [0.3, 0.4) is 0 Å². The van der Waals surface area contributed by atoms with Gasteiger partial charge in [-0.15, -0.1) is 0 Å². The number of hydrogen-bond donors (Lipinski definition) is 2. The Morgan fingerprint density at radius 2 is 1.97 bits per heavy atom. The average molecular weight is 478 g/mol. The predicted molar refractivity (Wildman–Crippen MR) is 118 cm³/mol. The summed E-state index contributed by atoms with van der Waals surface area (Å²) >= 11 is 3.43. The van der Waals surface area contributed by atoms with Crippen molar-refractivity contribution in [1.82, 2.24) is 9.97 Å². The quantitative estimate of drug-likeness (QED) is 0.249. The number of aromatic nitrogens is 2. The molecule has 8 heteroatoms. The number of aromatic amines is 1. The van der Waals surface area contributed by atoms with Gasteiger partial charge in [0.15, 0.2) is 0 Å². The topological polar surface area (TPSA) is 99.4 Å². The zero-order valence-electron chi connectivity index (χ0n) is 16.3. The molecule has 31 heavy (non-hydrogen) atoms. The van der Waals surface area contributed by atoms with Gasteiger partial charge < -0.3 is 14.5 Å². The van der Waals surface area contributed by atoms with Crippen molar-refractivity contribution in [2.45, 2.75) is 13.0 Å². The fourth-order valence-corrected chi connectivity index (χ4v) is 4.01. The minimum atomic E-state index is -0.959. The molecule has 1 fully saturated rings. The Bertz CT molecular complexity index is 1340. The van der Waals surface area contributed by atoms with Gasteiger partial charge in [-0.2, -0.15) is 0 Å². The molecule has 2 aromatic heterocycles. The van der Waals surface area contributed by atoms with Crippen molar-refractivity contribution in [1.29, 1.82) is 0 Å². The van der Waals surface area contributed by atoms with Crippen molar-refractivity contribution in [2.24, 2.45) is 0 Å². The molecule has 1 unspecified atom stereocenters. The number of amides is 1. The predicted octanol–water partition coefficient (Wildman–Crippen LogP) is 4.85. The van der Waals surface area contributed by atoms with Crippen LogP contribution in [0.4, 0.5) is 5.95 Å². The molecule has 0 radical (unpaired) electrons. The van der Waals surface area contributed by atoms with Gasteiger partial charge in [0.1, 0.15) is 17.6 Å². The number of Topliss-reactive ketones (excluding diaryl/α,β-unsaturated/α-hetero) is 1. The highest BCUT2D eigenvalue weighted by Crippen LogP contribution is 2.42. The van der Waals surface area contributed by atoms with Crippen LogP contribution in [-0.2, 0) is 9.59 Å². The molecular weight excluding hydrogens is 462 g/mol. The van der Waals surface area contributed by atoms with Crippen LogP contribution in [0.1, 0.15) is 22.9 Å². The van der Waals surface area contributed by atoms with E-state index in [2.05, 4.69) is 25.9 Å². The summed E-state index contributed by atoms with van der Waals surface area (Å²) in [6.45, 7) is 1.87. The molecule has 3 heterocycles. The third-order valence-corrected chi connectivity index (χ3v) is 6.18. The van der Waals surface area contributed by atoms with Crippen LogP contribution in [0.25, 0.3) is 16.8 Å². The summed E-state index contributed by atoms with van der Waals surface area (Å²) in [5, 5.41) is 11.1. The number of fused-ring (bicyclic) bond motifs is 1. The van der Waals surface area contributed by atoms with E-state index in [4.69, 9.17) is 4.42 Å². The van der Waals surface area contributed by atoms with Crippen LogP contribution in [0.5, 0.6) is 0 Å². The maximum Gasteiger partial charge on any atom is 0.302 e. The number of hydrogen-bond acceptors (Lipinski definition) is 5. The highest BCUT2D eigenvalue weighted by molar-refractivity contribution is 9.10. The first-order chi connectivity index (χ1) is 15.0. The van der Waals surface area contributed by atoms with E-state index in [-0.39, 0.29) is 17.3 Å². The molecule has 0 aliphatic carbocycles. The number of ketones is 1. The second kappa shape index (κ2) is 7.24. The van der Waals surface area contributed by atoms with Gasteiger partial charge in [0, 0.05) is 10.0 Å². The largest absolute Gasteiger partial charge is 0.507 e. The Labute approximate surface area is 185 Å². The standard InChI is InChI=1S/C23H16BrN3O4/c1-12-11-13(8-9-14(12)24)20(28)18-19(17-7-4-10-31-17)27(22(30)21(18)29)23-25-15-5-2-3-6-16(15)26-23/h2-11,19,28H,1H3,(H,25,26)/b20-18+. The third-order valence-electron chi connectivity index (χ3n) is 5.29. The number of aliphatic hydroxyl groups is 1. The first-order valence-electron chi connectivity index (χ1n) is 9.51. The number of carbonyl (C=O) groups excluding carboxylic acids is 2. The fourth-order valence-electron chi connectivity index (χ4n) is 3.77. The molecule has 1 amide bonds. The van der Waals surface area contributed by atoms with Crippen LogP contribution in [0, 0.1) is 6.92 Å². The van der Waals surface area contributed by atoms with E-state index in [9.17, 15) is 14.7 Å². The number of nitrogens with one attached hydrogen (secondary N) is 1.